The molecule has 2 aromatic carbocycles. The Hall–Kier alpha value is -2.68. The van der Waals surface area contributed by atoms with Gasteiger partial charge in [0, 0.05) is 45.8 Å². The number of carbonyl (C=O) groups is 1. The number of rotatable bonds is 7. The van der Waals surface area contributed by atoms with Gasteiger partial charge in [-0.15, -0.1) is 0 Å². The average Bonchev–Trinajstić information content (AvgIpc) is 2.89. The molecule has 0 N–H and O–H groups in total. The van der Waals surface area contributed by atoms with Crippen molar-refractivity contribution in [2.45, 2.75) is 17.7 Å². The highest BCUT2D eigenvalue weighted by atomic mass is 32.2. The maximum absolute atomic E-state index is 13.2. The fourth-order valence-electron chi connectivity index (χ4n) is 4.57. The third-order valence-electron chi connectivity index (χ3n) is 6.59. The van der Waals surface area contributed by atoms with Crippen LogP contribution in [0.4, 0.5) is 0 Å². The van der Waals surface area contributed by atoms with Crippen LogP contribution in [0.5, 0.6) is 5.75 Å². The van der Waals surface area contributed by atoms with E-state index in [9.17, 15) is 13.2 Å². The van der Waals surface area contributed by atoms with Crippen molar-refractivity contribution < 1.29 is 17.9 Å². The summed E-state index contributed by atoms with van der Waals surface area (Å²) in [6.07, 6.45) is 5.71. The lowest BCUT2D eigenvalue weighted by Crippen LogP contribution is -2.53. The van der Waals surface area contributed by atoms with Crippen molar-refractivity contribution in [1.82, 2.24) is 14.1 Å². The molecule has 0 unspecified atom stereocenters. The summed E-state index contributed by atoms with van der Waals surface area (Å²) in [5.41, 5.74) is 1.18. The molecule has 1 amide bonds. The number of piperazine rings is 1. The molecule has 2 saturated heterocycles. The Morgan fingerprint density at radius 2 is 1.71 bits per heavy atom. The van der Waals surface area contributed by atoms with E-state index in [0.717, 1.165) is 26.1 Å². The highest BCUT2D eigenvalue weighted by molar-refractivity contribution is 7.89. The van der Waals surface area contributed by atoms with Crippen molar-refractivity contribution in [2.75, 3.05) is 52.9 Å². The molecule has 8 heteroatoms. The lowest BCUT2D eigenvalue weighted by Gasteiger charge is -2.38. The Balaban J connectivity index is 1.29. The number of carbonyl (C=O) groups excluding carboxylic acids is 1. The summed E-state index contributed by atoms with van der Waals surface area (Å²) in [5.74, 6) is 0.403. The second-order valence-electron chi connectivity index (χ2n) is 8.82. The molecule has 0 aromatic heterocycles. The standard InChI is InChI=1S/C26H33N3O4S/c1-33-24-11-13-25(14-12-24)34(31,32)29-16-6-10-23(21-29)26(30)28-19-17-27(18-20-28)15-5-9-22-7-3-2-4-8-22/h2-5,7-9,11-14,23H,6,10,15-21H2,1H3/b9-5+/t23-/m0/s1. The van der Waals surface area contributed by atoms with Gasteiger partial charge in [-0.05, 0) is 42.7 Å². The molecule has 2 aliphatic heterocycles. The molecule has 7 nitrogen and oxygen atoms in total. The van der Waals surface area contributed by atoms with E-state index in [0.29, 0.717) is 31.8 Å². The molecule has 2 aromatic rings. The van der Waals surface area contributed by atoms with Crippen molar-refractivity contribution in [2.24, 2.45) is 5.92 Å². The Morgan fingerprint density at radius 1 is 1.00 bits per heavy atom. The number of hydrogen-bond acceptors (Lipinski definition) is 5. The summed E-state index contributed by atoms with van der Waals surface area (Å²) in [7, 11) is -2.09. The van der Waals surface area contributed by atoms with Gasteiger partial charge in [0.25, 0.3) is 0 Å². The van der Waals surface area contributed by atoms with Crippen molar-refractivity contribution in [3.63, 3.8) is 0 Å². The van der Waals surface area contributed by atoms with E-state index in [4.69, 9.17) is 4.74 Å². The number of nitrogens with zero attached hydrogens (tertiary/aromatic N) is 3. The van der Waals surface area contributed by atoms with Crippen LogP contribution in [0.1, 0.15) is 18.4 Å². The zero-order valence-corrected chi connectivity index (χ0v) is 20.5. The van der Waals surface area contributed by atoms with E-state index in [1.54, 1.807) is 31.4 Å². The van der Waals surface area contributed by atoms with Crippen LogP contribution in [0, 0.1) is 5.92 Å². The van der Waals surface area contributed by atoms with Crippen LogP contribution in [0.15, 0.2) is 65.6 Å². The molecule has 2 heterocycles. The van der Waals surface area contributed by atoms with Crippen LogP contribution >= 0.6 is 0 Å². The fourth-order valence-corrected chi connectivity index (χ4v) is 6.09. The van der Waals surface area contributed by atoms with Crippen LogP contribution < -0.4 is 4.74 Å². The molecule has 34 heavy (non-hydrogen) atoms. The second-order valence-corrected chi connectivity index (χ2v) is 10.8. The topological polar surface area (TPSA) is 70.2 Å². The fraction of sp³-hybridized carbons (Fsp3) is 0.423. The number of piperidine rings is 1. The number of hydrogen-bond donors (Lipinski definition) is 0. The minimum atomic E-state index is -3.63. The SMILES string of the molecule is COc1ccc(S(=O)(=O)N2CCC[C@H](C(=O)N3CCN(C/C=C/c4ccccc4)CC3)C2)cc1. The van der Waals surface area contributed by atoms with Gasteiger partial charge in [-0.1, -0.05) is 42.5 Å². The Labute approximate surface area is 202 Å². The highest BCUT2D eigenvalue weighted by Gasteiger charge is 2.35. The molecule has 1 atom stereocenters. The Morgan fingerprint density at radius 3 is 2.38 bits per heavy atom. The third-order valence-corrected chi connectivity index (χ3v) is 8.47. The van der Waals surface area contributed by atoms with Crippen molar-refractivity contribution >= 4 is 22.0 Å². The molecule has 0 saturated carbocycles. The minimum absolute atomic E-state index is 0.0779. The first kappa shape index (κ1) is 24.4. The normalized spacial score (nSPS) is 20.5. The van der Waals surface area contributed by atoms with E-state index < -0.39 is 10.0 Å². The van der Waals surface area contributed by atoms with E-state index in [1.165, 1.54) is 9.87 Å². The van der Waals surface area contributed by atoms with Gasteiger partial charge in [0.2, 0.25) is 15.9 Å². The predicted molar refractivity (Wildman–Crippen MR) is 133 cm³/mol. The van der Waals surface area contributed by atoms with E-state index in [1.807, 2.05) is 23.1 Å². The maximum Gasteiger partial charge on any atom is 0.243 e. The molecule has 0 bridgehead atoms. The van der Waals surface area contributed by atoms with Crippen LogP contribution in [0.25, 0.3) is 6.08 Å². The number of benzene rings is 2. The molecular weight excluding hydrogens is 450 g/mol. The highest BCUT2D eigenvalue weighted by Crippen LogP contribution is 2.26. The predicted octanol–water partition coefficient (Wildman–Crippen LogP) is 2.95. The molecule has 0 spiro atoms. The van der Waals surface area contributed by atoms with E-state index in [-0.39, 0.29) is 23.3 Å². The lowest BCUT2D eigenvalue weighted by molar-refractivity contribution is -0.138. The number of ether oxygens (including phenoxy) is 1. The van der Waals surface area contributed by atoms with Gasteiger partial charge in [0.15, 0.2) is 0 Å². The van der Waals surface area contributed by atoms with Gasteiger partial charge in [-0.25, -0.2) is 8.42 Å². The number of sulfonamides is 1. The quantitative estimate of drug-likeness (QED) is 0.606. The van der Waals surface area contributed by atoms with Gasteiger partial charge >= 0.3 is 0 Å². The third kappa shape index (κ3) is 5.87. The maximum atomic E-state index is 13.2. The largest absolute Gasteiger partial charge is 0.497 e. The van der Waals surface area contributed by atoms with Gasteiger partial charge in [-0.2, -0.15) is 4.31 Å². The first-order valence-corrected chi connectivity index (χ1v) is 13.3. The second kappa shape index (κ2) is 11.2. The Bertz CT molecular complexity index is 1080. The van der Waals surface area contributed by atoms with Gasteiger partial charge in [0.05, 0.1) is 17.9 Å². The van der Waals surface area contributed by atoms with Crippen molar-refractivity contribution in [3.05, 3.63) is 66.2 Å². The van der Waals surface area contributed by atoms with E-state index in [2.05, 4.69) is 29.2 Å². The van der Waals surface area contributed by atoms with Crippen LogP contribution in [-0.4, -0.2) is 81.4 Å². The van der Waals surface area contributed by atoms with Gasteiger partial charge in [0.1, 0.15) is 5.75 Å². The summed E-state index contributed by atoms with van der Waals surface area (Å²) in [5, 5.41) is 0. The smallest absolute Gasteiger partial charge is 0.243 e. The first-order chi connectivity index (χ1) is 16.5. The molecule has 2 aliphatic rings. The monoisotopic (exact) mass is 483 g/mol. The van der Waals surface area contributed by atoms with Crippen LogP contribution in [0.2, 0.25) is 0 Å². The zero-order valence-electron chi connectivity index (χ0n) is 19.7. The molecule has 182 valence electrons. The summed E-state index contributed by atoms with van der Waals surface area (Å²) >= 11 is 0. The first-order valence-electron chi connectivity index (χ1n) is 11.8. The minimum Gasteiger partial charge on any atom is -0.497 e. The summed E-state index contributed by atoms with van der Waals surface area (Å²) in [4.78, 5) is 17.7. The van der Waals surface area contributed by atoms with Crippen molar-refractivity contribution in [1.29, 1.82) is 0 Å². The average molecular weight is 484 g/mol. The summed E-state index contributed by atoms with van der Waals surface area (Å²) in [6, 6.07) is 16.6. The Kier molecular flexibility index (Phi) is 8.03. The van der Waals surface area contributed by atoms with Crippen LogP contribution in [-0.2, 0) is 14.8 Å². The molecule has 2 fully saturated rings. The number of amides is 1. The molecule has 0 aliphatic carbocycles. The van der Waals surface area contributed by atoms with Crippen molar-refractivity contribution in [3.8, 4) is 5.75 Å². The summed E-state index contributed by atoms with van der Waals surface area (Å²) < 4.78 is 32.8. The van der Waals surface area contributed by atoms with Crippen LogP contribution in [0.3, 0.4) is 0 Å². The van der Waals surface area contributed by atoms with Gasteiger partial charge < -0.3 is 9.64 Å². The molecule has 0 radical (unpaired) electrons. The summed E-state index contributed by atoms with van der Waals surface area (Å²) in [6.45, 7) is 4.55. The zero-order chi connectivity index (χ0) is 24.0. The van der Waals surface area contributed by atoms with Gasteiger partial charge in [-0.3, -0.25) is 9.69 Å². The molecular formula is C26H33N3O4S. The number of methoxy groups -OCH3 is 1. The van der Waals surface area contributed by atoms with E-state index >= 15 is 0 Å². The molecule has 4 rings (SSSR count). The lowest BCUT2D eigenvalue weighted by atomic mass is 9.98.